The van der Waals surface area contributed by atoms with Crippen LogP contribution in [-0.4, -0.2) is 42.5 Å². The van der Waals surface area contributed by atoms with E-state index in [1.165, 1.54) is 4.90 Å². The Labute approximate surface area is 185 Å². The fraction of sp³-hybridized carbons (Fsp3) is 0.160. The molecule has 0 saturated carbocycles. The quantitative estimate of drug-likeness (QED) is 0.406. The van der Waals surface area contributed by atoms with Gasteiger partial charge in [-0.15, -0.1) is 0 Å². The van der Waals surface area contributed by atoms with E-state index in [1.807, 2.05) is 48.5 Å². The molecule has 0 bridgehead atoms. The molecule has 0 radical (unpaired) electrons. The van der Waals surface area contributed by atoms with Crippen LogP contribution < -0.4 is 4.74 Å². The van der Waals surface area contributed by atoms with Gasteiger partial charge in [-0.3, -0.25) is 4.79 Å². The number of furan rings is 1. The van der Waals surface area contributed by atoms with Crippen LogP contribution >= 0.6 is 0 Å². The zero-order valence-electron chi connectivity index (χ0n) is 17.8. The van der Waals surface area contributed by atoms with Gasteiger partial charge >= 0.3 is 5.97 Å². The van der Waals surface area contributed by atoms with Gasteiger partial charge in [0.2, 0.25) is 0 Å². The predicted molar refractivity (Wildman–Crippen MR) is 119 cm³/mol. The van der Waals surface area contributed by atoms with E-state index in [1.54, 1.807) is 38.6 Å². The van der Waals surface area contributed by atoms with Gasteiger partial charge < -0.3 is 18.8 Å². The molecule has 2 heterocycles. The van der Waals surface area contributed by atoms with Gasteiger partial charge in [-0.1, -0.05) is 18.2 Å². The molecule has 0 fully saturated rings. The second-order valence-electron chi connectivity index (χ2n) is 7.21. The van der Waals surface area contributed by atoms with Crippen LogP contribution in [0.4, 0.5) is 0 Å². The molecular formula is C25H22N2O5. The SMILES string of the molecule is COc1ccc(-c2cc(C(=O)OCC(=O)N(C)Cc3ccco3)c3ccccc3n2)cc1. The Balaban J connectivity index is 1.55. The lowest BCUT2D eigenvalue weighted by atomic mass is 10.0. The van der Waals surface area contributed by atoms with Crippen molar-refractivity contribution in [2.45, 2.75) is 6.54 Å². The van der Waals surface area contributed by atoms with Gasteiger partial charge in [0.1, 0.15) is 11.5 Å². The molecular weight excluding hydrogens is 408 g/mol. The minimum Gasteiger partial charge on any atom is -0.497 e. The lowest BCUT2D eigenvalue weighted by Crippen LogP contribution is -2.30. The predicted octanol–water partition coefficient (Wildman–Crippen LogP) is 4.32. The minimum absolute atomic E-state index is 0.295. The standard InChI is InChI=1S/C25H22N2O5/c1-27(15-19-6-5-13-31-19)24(28)16-32-25(29)21-14-23(17-9-11-18(30-2)12-10-17)26-22-8-4-3-7-20(21)22/h3-14H,15-16H2,1-2H3. The lowest BCUT2D eigenvalue weighted by Gasteiger charge is -2.16. The topological polar surface area (TPSA) is 81.9 Å². The molecule has 0 N–H and O–H groups in total. The third-order valence-corrected chi connectivity index (χ3v) is 5.05. The smallest absolute Gasteiger partial charge is 0.339 e. The second-order valence-corrected chi connectivity index (χ2v) is 7.21. The van der Waals surface area contributed by atoms with Gasteiger partial charge in [0.05, 0.1) is 36.7 Å². The summed E-state index contributed by atoms with van der Waals surface area (Å²) in [6, 6.07) is 20.0. The van der Waals surface area contributed by atoms with Crippen LogP contribution in [0.2, 0.25) is 0 Å². The number of likely N-dealkylation sites (N-methyl/N-ethyl adjacent to an activating group) is 1. The normalized spacial score (nSPS) is 10.7. The molecule has 0 atom stereocenters. The summed E-state index contributed by atoms with van der Waals surface area (Å²) in [6.07, 6.45) is 1.54. The van der Waals surface area contributed by atoms with Crippen molar-refractivity contribution in [3.63, 3.8) is 0 Å². The van der Waals surface area contributed by atoms with Crippen LogP contribution in [0.15, 0.2) is 77.4 Å². The number of para-hydroxylation sites is 1. The molecule has 32 heavy (non-hydrogen) atoms. The van der Waals surface area contributed by atoms with Crippen molar-refractivity contribution in [3.8, 4) is 17.0 Å². The molecule has 1 amide bonds. The highest BCUT2D eigenvalue weighted by molar-refractivity contribution is 6.05. The van der Waals surface area contributed by atoms with Crippen molar-refractivity contribution < 1.29 is 23.5 Å². The van der Waals surface area contributed by atoms with Crippen LogP contribution in [0, 0.1) is 0 Å². The molecule has 0 aliphatic heterocycles. The minimum atomic E-state index is -0.585. The number of carbonyl (C=O) groups is 2. The Morgan fingerprint density at radius 2 is 1.81 bits per heavy atom. The summed E-state index contributed by atoms with van der Waals surface area (Å²) in [4.78, 5) is 31.4. The number of nitrogens with zero attached hydrogens (tertiary/aromatic N) is 2. The van der Waals surface area contributed by atoms with Crippen molar-refractivity contribution in [1.29, 1.82) is 0 Å². The number of amides is 1. The summed E-state index contributed by atoms with van der Waals surface area (Å²) in [5, 5.41) is 0.658. The largest absolute Gasteiger partial charge is 0.497 e. The van der Waals surface area contributed by atoms with Crippen LogP contribution in [0.1, 0.15) is 16.1 Å². The fourth-order valence-electron chi connectivity index (χ4n) is 3.29. The molecule has 7 heteroatoms. The van der Waals surface area contributed by atoms with Crippen molar-refractivity contribution in [2.24, 2.45) is 0 Å². The number of rotatable bonds is 7. The van der Waals surface area contributed by atoms with Crippen molar-refractivity contribution in [2.75, 3.05) is 20.8 Å². The summed E-state index contributed by atoms with van der Waals surface area (Å²) >= 11 is 0. The Morgan fingerprint density at radius 3 is 2.53 bits per heavy atom. The summed E-state index contributed by atoms with van der Waals surface area (Å²) in [5.74, 6) is 0.462. The molecule has 2 aromatic carbocycles. The highest BCUT2D eigenvalue weighted by Crippen LogP contribution is 2.26. The first-order chi connectivity index (χ1) is 15.5. The van der Waals surface area contributed by atoms with E-state index >= 15 is 0 Å². The number of pyridine rings is 1. The van der Waals surface area contributed by atoms with Crippen molar-refractivity contribution >= 4 is 22.8 Å². The number of methoxy groups -OCH3 is 1. The summed E-state index contributed by atoms with van der Waals surface area (Å²) in [5.41, 5.74) is 2.47. The molecule has 0 saturated heterocycles. The number of ether oxygens (including phenoxy) is 2. The number of benzene rings is 2. The van der Waals surface area contributed by atoms with Crippen LogP contribution in [0.5, 0.6) is 5.75 Å². The highest BCUT2D eigenvalue weighted by atomic mass is 16.5. The van der Waals surface area contributed by atoms with Crippen LogP contribution in [0.25, 0.3) is 22.2 Å². The van der Waals surface area contributed by atoms with E-state index in [-0.39, 0.29) is 12.5 Å². The summed E-state index contributed by atoms with van der Waals surface area (Å²) < 4.78 is 15.8. The maximum absolute atomic E-state index is 12.9. The third kappa shape index (κ3) is 4.62. The Hall–Kier alpha value is -4.13. The van der Waals surface area contributed by atoms with Crippen LogP contribution in [-0.2, 0) is 16.1 Å². The first-order valence-corrected chi connectivity index (χ1v) is 10.0. The number of hydrogen-bond donors (Lipinski definition) is 0. The Bertz CT molecular complexity index is 1230. The molecule has 0 aliphatic carbocycles. The Kier molecular flexibility index (Phi) is 6.17. The van der Waals surface area contributed by atoms with E-state index in [9.17, 15) is 9.59 Å². The average molecular weight is 430 g/mol. The number of esters is 1. The average Bonchev–Trinajstić information content (AvgIpc) is 3.34. The number of aromatic nitrogens is 1. The third-order valence-electron chi connectivity index (χ3n) is 5.05. The zero-order valence-corrected chi connectivity index (χ0v) is 17.8. The first kappa shape index (κ1) is 21.1. The summed E-state index contributed by atoms with van der Waals surface area (Å²) in [6.45, 7) is -0.0756. The van der Waals surface area contributed by atoms with E-state index in [0.29, 0.717) is 34.5 Å². The van der Waals surface area contributed by atoms with E-state index in [2.05, 4.69) is 4.98 Å². The van der Waals surface area contributed by atoms with Gasteiger partial charge in [-0.25, -0.2) is 9.78 Å². The first-order valence-electron chi connectivity index (χ1n) is 10.0. The van der Waals surface area contributed by atoms with Gasteiger partial charge in [0.15, 0.2) is 6.61 Å². The van der Waals surface area contributed by atoms with E-state index in [0.717, 1.165) is 11.3 Å². The molecule has 2 aromatic heterocycles. The maximum atomic E-state index is 12.9. The molecule has 4 rings (SSSR count). The fourth-order valence-corrected chi connectivity index (χ4v) is 3.29. The van der Waals surface area contributed by atoms with E-state index < -0.39 is 5.97 Å². The van der Waals surface area contributed by atoms with Gasteiger partial charge in [-0.05, 0) is 48.5 Å². The Morgan fingerprint density at radius 1 is 1.03 bits per heavy atom. The van der Waals surface area contributed by atoms with Gasteiger partial charge in [0.25, 0.3) is 5.91 Å². The molecule has 162 valence electrons. The molecule has 0 unspecified atom stereocenters. The highest BCUT2D eigenvalue weighted by Gasteiger charge is 2.18. The van der Waals surface area contributed by atoms with Crippen molar-refractivity contribution in [3.05, 3.63) is 84.3 Å². The number of hydrogen-bond acceptors (Lipinski definition) is 6. The zero-order chi connectivity index (χ0) is 22.5. The monoisotopic (exact) mass is 430 g/mol. The molecule has 0 aliphatic rings. The maximum Gasteiger partial charge on any atom is 0.339 e. The summed E-state index contributed by atoms with van der Waals surface area (Å²) in [7, 11) is 3.23. The van der Waals surface area contributed by atoms with Crippen LogP contribution in [0.3, 0.4) is 0 Å². The number of carbonyl (C=O) groups excluding carboxylic acids is 2. The van der Waals surface area contributed by atoms with Gasteiger partial charge in [0, 0.05) is 18.0 Å². The second kappa shape index (κ2) is 9.34. The van der Waals surface area contributed by atoms with Gasteiger partial charge in [-0.2, -0.15) is 0 Å². The number of fused-ring (bicyclic) bond motifs is 1. The molecule has 7 nitrogen and oxygen atoms in total. The molecule has 0 spiro atoms. The lowest BCUT2D eigenvalue weighted by molar-refractivity contribution is -0.133. The molecule has 4 aromatic rings. The van der Waals surface area contributed by atoms with Crippen molar-refractivity contribution in [1.82, 2.24) is 9.88 Å². The van der Waals surface area contributed by atoms with E-state index in [4.69, 9.17) is 13.9 Å².